The lowest BCUT2D eigenvalue weighted by molar-refractivity contribution is -0.242. The molecular weight excluding hydrogens is 224 g/mol. The highest BCUT2D eigenvalue weighted by atomic mass is 16.7. The van der Waals surface area contributed by atoms with Crippen molar-refractivity contribution in [2.75, 3.05) is 14.2 Å². The van der Waals surface area contributed by atoms with E-state index < -0.39 is 0 Å². The molecule has 2 heteroatoms. The molecule has 0 aromatic carbocycles. The summed E-state index contributed by atoms with van der Waals surface area (Å²) in [5.41, 5.74) is 0. The predicted octanol–water partition coefficient (Wildman–Crippen LogP) is 5.16. The van der Waals surface area contributed by atoms with Crippen LogP contribution in [-0.2, 0) is 9.47 Å². The van der Waals surface area contributed by atoms with E-state index in [0.29, 0.717) is 5.92 Å². The fraction of sp³-hybridized carbons (Fsp3) is 1.00. The second-order valence-electron chi connectivity index (χ2n) is 5.43. The van der Waals surface area contributed by atoms with Crippen molar-refractivity contribution in [2.24, 2.45) is 5.92 Å². The van der Waals surface area contributed by atoms with Gasteiger partial charge < -0.3 is 9.47 Å². The van der Waals surface area contributed by atoms with Crippen LogP contribution in [0.4, 0.5) is 0 Å². The van der Waals surface area contributed by atoms with Gasteiger partial charge in [-0.1, -0.05) is 65.7 Å². The Hall–Kier alpha value is -0.0800. The average Bonchev–Trinajstić information content (AvgIpc) is 2.40. The van der Waals surface area contributed by atoms with Crippen LogP contribution in [0, 0.1) is 5.92 Å². The predicted molar refractivity (Wildman–Crippen MR) is 78.8 cm³/mol. The van der Waals surface area contributed by atoms with Crippen LogP contribution in [0.25, 0.3) is 0 Å². The summed E-state index contributed by atoms with van der Waals surface area (Å²) in [7, 11) is 3.55. The smallest absolute Gasteiger partial charge is 0.170 e. The Morgan fingerprint density at radius 3 is 1.89 bits per heavy atom. The van der Waals surface area contributed by atoms with Crippen molar-refractivity contribution in [1.82, 2.24) is 0 Å². The number of unbranched alkanes of at least 4 members (excludes halogenated alkanes) is 5. The van der Waals surface area contributed by atoms with E-state index in [4.69, 9.17) is 9.47 Å². The van der Waals surface area contributed by atoms with Crippen molar-refractivity contribution < 1.29 is 9.47 Å². The molecule has 1 unspecified atom stereocenters. The van der Waals surface area contributed by atoms with Gasteiger partial charge in [-0.25, -0.2) is 0 Å². The van der Waals surface area contributed by atoms with Crippen molar-refractivity contribution in [2.45, 2.75) is 84.3 Å². The zero-order valence-electron chi connectivity index (χ0n) is 13.3. The van der Waals surface area contributed by atoms with Crippen LogP contribution in [0.3, 0.4) is 0 Å². The molecule has 0 saturated heterocycles. The van der Waals surface area contributed by atoms with Crippen LogP contribution in [0.5, 0.6) is 0 Å². The molecule has 0 aromatic heterocycles. The standard InChI is InChI=1S/C16H34O2/c1-6-8-9-10-11-12-13-15(3)16(17-4,18-5)14-7-2/h15H,6-14H2,1-5H3. The molecule has 0 heterocycles. The topological polar surface area (TPSA) is 18.5 Å². The van der Waals surface area contributed by atoms with Crippen molar-refractivity contribution in [1.29, 1.82) is 0 Å². The number of hydrogen-bond donors (Lipinski definition) is 0. The average molecular weight is 258 g/mol. The Labute approximate surface area is 114 Å². The Morgan fingerprint density at radius 2 is 1.39 bits per heavy atom. The molecule has 18 heavy (non-hydrogen) atoms. The van der Waals surface area contributed by atoms with Crippen LogP contribution in [-0.4, -0.2) is 20.0 Å². The zero-order chi connectivity index (χ0) is 13.9. The first kappa shape index (κ1) is 17.9. The largest absolute Gasteiger partial charge is 0.353 e. The quantitative estimate of drug-likeness (QED) is 0.355. The van der Waals surface area contributed by atoms with E-state index in [9.17, 15) is 0 Å². The molecule has 0 spiro atoms. The van der Waals surface area contributed by atoms with Gasteiger partial charge in [0, 0.05) is 26.6 Å². The summed E-state index contributed by atoms with van der Waals surface area (Å²) in [6.07, 6.45) is 11.4. The van der Waals surface area contributed by atoms with Gasteiger partial charge in [0.15, 0.2) is 5.79 Å². The van der Waals surface area contributed by atoms with Crippen molar-refractivity contribution in [3.05, 3.63) is 0 Å². The maximum absolute atomic E-state index is 5.66. The number of rotatable bonds is 12. The maximum atomic E-state index is 5.66. The Morgan fingerprint density at radius 1 is 0.833 bits per heavy atom. The Kier molecular flexibility index (Phi) is 10.8. The van der Waals surface area contributed by atoms with Crippen LogP contribution in [0.1, 0.15) is 78.6 Å². The molecule has 0 N–H and O–H groups in total. The first-order valence-electron chi connectivity index (χ1n) is 7.77. The highest BCUT2D eigenvalue weighted by Crippen LogP contribution is 2.31. The van der Waals surface area contributed by atoms with Gasteiger partial charge in [0.25, 0.3) is 0 Å². The van der Waals surface area contributed by atoms with E-state index in [1.807, 2.05) is 0 Å². The second-order valence-corrected chi connectivity index (χ2v) is 5.43. The molecule has 0 aromatic rings. The van der Waals surface area contributed by atoms with Gasteiger partial charge in [0.1, 0.15) is 0 Å². The minimum Gasteiger partial charge on any atom is -0.353 e. The Balaban J connectivity index is 3.92. The molecule has 0 amide bonds. The molecule has 0 rings (SSSR count). The summed E-state index contributed by atoms with van der Waals surface area (Å²) in [4.78, 5) is 0. The van der Waals surface area contributed by atoms with Gasteiger partial charge in [-0.15, -0.1) is 0 Å². The van der Waals surface area contributed by atoms with E-state index in [1.165, 1.54) is 44.9 Å². The van der Waals surface area contributed by atoms with Crippen LogP contribution >= 0.6 is 0 Å². The molecule has 0 aliphatic carbocycles. The third kappa shape index (κ3) is 6.19. The third-order valence-electron chi connectivity index (χ3n) is 4.03. The number of methoxy groups -OCH3 is 2. The van der Waals surface area contributed by atoms with E-state index in [0.717, 1.165) is 12.8 Å². The van der Waals surface area contributed by atoms with E-state index in [1.54, 1.807) is 14.2 Å². The molecule has 110 valence electrons. The van der Waals surface area contributed by atoms with Crippen molar-refractivity contribution in [3.8, 4) is 0 Å². The summed E-state index contributed by atoms with van der Waals surface area (Å²) in [6.45, 7) is 6.71. The summed E-state index contributed by atoms with van der Waals surface area (Å²) >= 11 is 0. The lowest BCUT2D eigenvalue weighted by Gasteiger charge is -2.36. The zero-order valence-corrected chi connectivity index (χ0v) is 13.3. The summed E-state index contributed by atoms with van der Waals surface area (Å²) < 4.78 is 11.3. The SMILES string of the molecule is CCCCCCCCC(C)C(CCC)(OC)OC. The lowest BCUT2D eigenvalue weighted by atomic mass is 9.90. The summed E-state index contributed by atoms with van der Waals surface area (Å²) in [5.74, 6) is 0.108. The minimum atomic E-state index is -0.363. The highest BCUT2D eigenvalue weighted by Gasteiger charge is 2.34. The lowest BCUT2D eigenvalue weighted by Crippen LogP contribution is -2.40. The molecule has 0 aliphatic heterocycles. The van der Waals surface area contributed by atoms with Gasteiger partial charge in [-0.3, -0.25) is 0 Å². The highest BCUT2D eigenvalue weighted by molar-refractivity contribution is 4.76. The molecule has 1 atom stereocenters. The van der Waals surface area contributed by atoms with Gasteiger partial charge in [-0.05, 0) is 6.42 Å². The van der Waals surface area contributed by atoms with Crippen LogP contribution in [0.2, 0.25) is 0 Å². The minimum absolute atomic E-state index is 0.363. The molecule has 0 saturated carbocycles. The number of ether oxygens (including phenoxy) is 2. The van der Waals surface area contributed by atoms with E-state index >= 15 is 0 Å². The third-order valence-corrected chi connectivity index (χ3v) is 4.03. The Bertz CT molecular complexity index is 176. The van der Waals surface area contributed by atoms with Crippen LogP contribution < -0.4 is 0 Å². The van der Waals surface area contributed by atoms with Crippen molar-refractivity contribution >= 4 is 0 Å². The fourth-order valence-electron chi connectivity index (χ4n) is 2.74. The summed E-state index contributed by atoms with van der Waals surface area (Å²) in [5, 5.41) is 0. The summed E-state index contributed by atoms with van der Waals surface area (Å²) in [6, 6.07) is 0. The molecule has 0 radical (unpaired) electrons. The van der Waals surface area contributed by atoms with E-state index in [2.05, 4.69) is 20.8 Å². The maximum Gasteiger partial charge on any atom is 0.170 e. The monoisotopic (exact) mass is 258 g/mol. The number of hydrogen-bond acceptors (Lipinski definition) is 2. The second kappa shape index (κ2) is 10.8. The van der Waals surface area contributed by atoms with Gasteiger partial charge in [0.2, 0.25) is 0 Å². The van der Waals surface area contributed by atoms with E-state index in [-0.39, 0.29) is 5.79 Å². The van der Waals surface area contributed by atoms with Crippen molar-refractivity contribution in [3.63, 3.8) is 0 Å². The molecule has 0 fully saturated rings. The normalized spacial score (nSPS) is 13.8. The molecular formula is C16H34O2. The van der Waals surface area contributed by atoms with Gasteiger partial charge in [0.05, 0.1) is 0 Å². The van der Waals surface area contributed by atoms with Crippen LogP contribution in [0.15, 0.2) is 0 Å². The van der Waals surface area contributed by atoms with Gasteiger partial charge >= 0.3 is 0 Å². The first-order chi connectivity index (χ1) is 8.66. The van der Waals surface area contributed by atoms with Gasteiger partial charge in [-0.2, -0.15) is 0 Å². The molecule has 2 nitrogen and oxygen atoms in total. The molecule has 0 aliphatic rings. The first-order valence-corrected chi connectivity index (χ1v) is 7.77. The fourth-order valence-corrected chi connectivity index (χ4v) is 2.74. The molecule has 0 bridgehead atoms.